The third-order valence-corrected chi connectivity index (χ3v) is 8.45. The molecule has 1 N–H and O–H groups in total. The van der Waals surface area contributed by atoms with Crippen LogP contribution in [0.4, 0.5) is 24.7 Å². The van der Waals surface area contributed by atoms with E-state index in [1.807, 2.05) is 0 Å². The van der Waals surface area contributed by atoms with E-state index < -0.39 is 39.0 Å². The zero-order valence-electron chi connectivity index (χ0n) is 21.5. The molecule has 12 heteroatoms. The normalized spacial score (nSPS) is 15.4. The summed E-state index contributed by atoms with van der Waals surface area (Å²) in [7, 11) is -0.362. The lowest BCUT2D eigenvalue weighted by Gasteiger charge is -2.29. The van der Waals surface area contributed by atoms with Crippen LogP contribution in [0.2, 0.25) is 0 Å². The quantitative estimate of drug-likeness (QED) is 0.403. The largest absolute Gasteiger partial charge is 0.497 e. The van der Waals surface area contributed by atoms with E-state index in [9.17, 15) is 12.8 Å². The average molecular weight is 551 g/mol. The number of anilines is 2. The van der Waals surface area contributed by atoms with Gasteiger partial charge in [0, 0.05) is 42.5 Å². The maximum Gasteiger partial charge on any atom is 0.271 e. The molecule has 0 radical (unpaired) electrons. The van der Waals surface area contributed by atoms with Gasteiger partial charge in [-0.05, 0) is 50.2 Å². The summed E-state index contributed by atoms with van der Waals surface area (Å²) in [5.74, 6) is -3.07. The minimum atomic E-state index is -4.92. The number of sulfonamides is 1. The summed E-state index contributed by atoms with van der Waals surface area (Å²) in [5.41, 5.74) is 0.569. The van der Waals surface area contributed by atoms with Gasteiger partial charge >= 0.3 is 0 Å². The van der Waals surface area contributed by atoms with E-state index in [1.54, 1.807) is 24.1 Å². The van der Waals surface area contributed by atoms with Gasteiger partial charge in [0.2, 0.25) is 5.95 Å². The first-order valence-electron chi connectivity index (χ1n) is 11.9. The molecule has 8 nitrogen and oxygen atoms in total. The highest BCUT2D eigenvalue weighted by Crippen LogP contribution is 2.36. The zero-order chi connectivity index (χ0) is 27.6. The van der Waals surface area contributed by atoms with Gasteiger partial charge in [0.1, 0.15) is 23.1 Å². The smallest absolute Gasteiger partial charge is 0.271 e. The summed E-state index contributed by atoms with van der Waals surface area (Å²) in [6.07, 6.45) is 0.780. The van der Waals surface area contributed by atoms with Crippen molar-refractivity contribution in [3.05, 3.63) is 71.2 Å². The molecule has 0 saturated carbocycles. The van der Waals surface area contributed by atoms with E-state index in [1.165, 1.54) is 39.3 Å². The highest BCUT2D eigenvalue weighted by Gasteiger charge is 2.35. The first kappa shape index (κ1) is 27.5. The predicted molar refractivity (Wildman–Crippen MR) is 138 cm³/mol. The number of ether oxygens (including phenoxy) is 2. The minimum absolute atomic E-state index is 0.00508. The van der Waals surface area contributed by atoms with E-state index in [0.717, 1.165) is 25.1 Å². The van der Waals surface area contributed by atoms with E-state index in [4.69, 9.17) is 9.47 Å². The van der Waals surface area contributed by atoms with Crippen molar-refractivity contribution in [2.45, 2.75) is 30.8 Å². The van der Waals surface area contributed by atoms with Gasteiger partial charge in [-0.25, -0.2) is 26.5 Å². The molecular formula is C26H29F3N4O4S. The lowest BCUT2D eigenvalue weighted by atomic mass is 10.1. The number of nitrogens with zero attached hydrogens (tertiary/aromatic N) is 3. The SMILES string of the molecule is COc1ccc(CN(c2cccc(F)n2)S(=O)(=O)c2c(F)cc(N(C)[C@H]3CCNC3)c(C)c2F)c(OC)c1. The first-order chi connectivity index (χ1) is 18.1. The Balaban J connectivity index is 1.84. The van der Waals surface area contributed by atoms with Crippen molar-refractivity contribution >= 4 is 21.5 Å². The van der Waals surface area contributed by atoms with Crippen LogP contribution in [-0.4, -0.2) is 53.8 Å². The molecular weight excluding hydrogens is 521 g/mol. The molecule has 1 saturated heterocycles. The summed E-state index contributed by atoms with van der Waals surface area (Å²) in [4.78, 5) is 4.28. The number of likely N-dealkylation sites (N-methyl/N-ethyl adjacent to an activating group) is 1. The van der Waals surface area contributed by atoms with Crippen LogP contribution in [0.1, 0.15) is 17.5 Å². The lowest BCUT2D eigenvalue weighted by Crippen LogP contribution is -2.35. The predicted octanol–water partition coefficient (Wildman–Crippen LogP) is 4.02. The van der Waals surface area contributed by atoms with Gasteiger partial charge in [0.25, 0.3) is 10.0 Å². The van der Waals surface area contributed by atoms with Gasteiger partial charge < -0.3 is 19.7 Å². The second-order valence-electron chi connectivity index (χ2n) is 8.91. The molecule has 0 unspecified atom stereocenters. The van der Waals surface area contributed by atoms with Gasteiger partial charge in [0.05, 0.1) is 20.8 Å². The molecule has 38 heavy (non-hydrogen) atoms. The molecule has 2 heterocycles. The van der Waals surface area contributed by atoms with Crippen molar-refractivity contribution in [2.24, 2.45) is 0 Å². The van der Waals surface area contributed by atoms with Crippen molar-refractivity contribution in [3.8, 4) is 11.5 Å². The number of hydrogen-bond donors (Lipinski definition) is 1. The topological polar surface area (TPSA) is 84.0 Å². The molecule has 4 rings (SSSR count). The maximum absolute atomic E-state index is 15.8. The summed E-state index contributed by atoms with van der Waals surface area (Å²) in [6, 6.07) is 9.23. The van der Waals surface area contributed by atoms with Crippen LogP contribution in [0.3, 0.4) is 0 Å². The van der Waals surface area contributed by atoms with Crippen molar-refractivity contribution in [3.63, 3.8) is 0 Å². The molecule has 1 fully saturated rings. The highest BCUT2D eigenvalue weighted by molar-refractivity contribution is 7.92. The molecule has 1 aromatic heterocycles. The Morgan fingerprint density at radius 3 is 2.50 bits per heavy atom. The molecule has 0 amide bonds. The molecule has 204 valence electrons. The Morgan fingerprint density at radius 1 is 1.11 bits per heavy atom. The first-order valence-corrected chi connectivity index (χ1v) is 13.3. The molecule has 1 aliphatic rings. The Morgan fingerprint density at radius 2 is 1.87 bits per heavy atom. The van der Waals surface area contributed by atoms with Gasteiger partial charge in [-0.15, -0.1) is 0 Å². The molecule has 3 aromatic rings. The average Bonchev–Trinajstić information content (AvgIpc) is 3.44. The van der Waals surface area contributed by atoms with Crippen LogP contribution in [-0.2, 0) is 16.6 Å². The fraction of sp³-hybridized carbons (Fsp3) is 0.346. The Hall–Kier alpha value is -3.51. The number of nitrogens with one attached hydrogen (secondary N) is 1. The number of rotatable bonds is 9. The molecule has 0 aliphatic carbocycles. The number of aromatic nitrogens is 1. The third-order valence-electron chi connectivity index (χ3n) is 6.67. The molecule has 2 aromatic carbocycles. The number of pyridine rings is 1. The van der Waals surface area contributed by atoms with E-state index >= 15 is 8.78 Å². The third kappa shape index (κ3) is 5.23. The fourth-order valence-electron chi connectivity index (χ4n) is 4.52. The van der Waals surface area contributed by atoms with Gasteiger partial charge in [0.15, 0.2) is 10.7 Å². The monoisotopic (exact) mass is 550 g/mol. The van der Waals surface area contributed by atoms with Crippen LogP contribution in [0.25, 0.3) is 0 Å². The molecule has 0 spiro atoms. The van der Waals surface area contributed by atoms with Crippen LogP contribution < -0.4 is 24.0 Å². The summed E-state index contributed by atoms with van der Waals surface area (Å²) in [5, 5.41) is 3.20. The molecule has 0 bridgehead atoms. The van der Waals surface area contributed by atoms with Crippen LogP contribution >= 0.6 is 0 Å². The van der Waals surface area contributed by atoms with Crippen molar-refractivity contribution in [1.82, 2.24) is 10.3 Å². The summed E-state index contributed by atoms with van der Waals surface area (Å²) in [6.45, 7) is 2.37. The van der Waals surface area contributed by atoms with E-state index in [2.05, 4.69) is 10.3 Å². The van der Waals surface area contributed by atoms with Gasteiger partial charge in [-0.3, -0.25) is 0 Å². The lowest BCUT2D eigenvalue weighted by molar-refractivity contribution is 0.391. The molecule has 1 atom stereocenters. The molecule has 1 aliphatic heterocycles. The maximum atomic E-state index is 15.8. The Bertz CT molecular complexity index is 1430. The minimum Gasteiger partial charge on any atom is -0.497 e. The van der Waals surface area contributed by atoms with Crippen molar-refractivity contribution < 1.29 is 31.1 Å². The number of methoxy groups -OCH3 is 2. The number of benzene rings is 2. The van der Waals surface area contributed by atoms with E-state index in [0.29, 0.717) is 22.2 Å². The van der Waals surface area contributed by atoms with Crippen LogP contribution in [0.5, 0.6) is 11.5 Å². The standard InChI is InChI=1S/C26H29F3N4O4S/c1-16-21(32(2)18-10-11-30-14-18)13-20(27)26(25(16)29)38(34,35)33(24-7-5-6-23(28)31-24)15-17-8-9-19(36-3)12-22(17)37-4/h5-9,12-13,18,30H,10-11,14-15H2,1-4H3/t18-/m0/s1. The second-order valence-corrected chi connectivity index (χ2v) is 10.7. The van der Waals surface area contributed by atoms with Gasteiger partial charge in [-0.2, -0.15) is 4.39 Å². The van der Waals surface area contributed by atoms with Crippen molar-refractivity contribution in [1.29, 1.82) is 0 Å². The fourth-order valence-corrected chi connectivity index (χ4v) is 6.09. The zero-order valence-corrected chi connectivity index (χ0v) is 22.3. The highest BCUT2D eigenvalue weighted by atomic mass is 32.2. The summed E-state index contributed by atoms with van der Waals surface area (Å²) < 4.78 is 84.4. The van der Waals surface area contributed by atoms with Crippen molar-refractivity contribution in [2.75, 3.05) is 43.6 Å². The Kier molecular flexibility index (Phi) is 8.02. The second kappa shape index (κ2) is 11.1. The van der Waals surface area contributed by atoms with Crippen LogP contribution in [0.15, 0.2) is 47.4 Å². The van der Waals surface area contributed by atoms with E-state index in [-0.39, 0.29) is 28.9 Å². The number of halogens is 3. The summed E-state index contributed by atoms with van der Waals surface area (Å²) >= 11 is 0. The Labute approximate surface area is 220 Å². The van der Waals surface area contributed by atoms with Gasteiger partial charge in [-0.1, -0.05) is 6.07 Å². The number of hydrogen-bond acceptors (Lipinski definition) is 7. The van der Waals surface area contributed by atoms with Crippen LogP contribution in [0, 0.1) is 24.5 Å².